The van der Waals surface area contributed by atoms with Crippen LogP contribution in [-0.2, 0) is 0 Å². The highest BCUT2D eigenvalue weighted by Gasteiger charge is 1.60. The Labute approximate surface area is 125 Å². The number of aromatic nitrogens is 2. The fourth-order valence-corrected chi connectivity index (χ4v) is 0.703. The minimum atomic E-state index is 0. The summed E-state index contributed by atoms with van der Waals surface area (Å²) in [5, 5.41) is 1.93. The molecule has 0 aliphatic rings. The van der Waals surface area contributed by atoms with Gasteiger partial charge >= 0.3 is 0 Å². The maximum Gasteiger partial charge on any atom is 0.180 e. The van der Waals surface area contributed by atoms with E-state index in [0.717, 1.165) is 0 Å². The molecule has 19 heavy (non-hydrogen) atoms. The molecule has 0 saturated heterocycles. The second-order valence-electron chi connectivity index (χ2n) is 1.35. The van der Waals surface area contributed by atoms with Crippen molar-refractivity contribution in [3.63, 3.8) is 0 Å². The van der Waals surface area contributed by atoms with E-state index in [2.05, 4.69) is 14.4 Å². The van der Waals surface area contributed by atoms with Gasteiger partial charge in [0.25, 0.3) is 0 Å². The van der Waals surface area contributed by atoms with Crippen molar-refractivity contribution in [1.29, 1.82) is 0 Å². The predicted molar refractivity (Wildman–Crippen MR) is 90.7 cm³/mol. The number of oxazole rings is 1. The molecule has 0 aliphatic heterocycles. The zero-order chi connectivity index (χ0) is 15.1. The van der Waals surface area contributed by atoms with E-state index in [4.69, 9.17) is 0 Å². The predicted octanol–water partition coefficient (Wildman–Crippen LogP) is 6.56. The summed E-state index contributed by atoms with van der Waals surface area (Å²) in [7, 11) is 0. The summed E-state index contributed by atoms with van der Waals surface area (Å²) in [6.45, 7) is 16.0. The zero-order valence-corrected chi connectivity index (χ0v) is 14.0. The molecule has 0 atom stereocenters. The molecule has 0 saturated carbocycles. The summed E-state index contributed by atoms with van der Waals surface area (Å²) in [5.41, 5.74) is 1.79. The number of thiazole rings is 1. The fourth-order valence-electron chi connectivity index (χ4n) is 0.351. The minimum Gasteiger partial charge on any atom is -0.452 e. The van der Waals surface area contributed by atoms with Crippen LogP contribution in [0.25, 0.3) is 0 Å². The first-order valence-electron chi connectivity index (χ1n) is 6.64. The van der Waals surface area contributed by atoms with Gasteiger partial charge in [-0.05, 0) is 0 Å². The van der Waals surface area contributed by atoms with Gasteiger partial charge in [-0.2, -0.15) is 0 Å². The molecular weight excluding hydrogens is 256 g/mol. The Kier molecular flexibility index (Phi) is 87.3. The Morgan fingerprint density at radius 1 is 0.789 bits per heavy atom. The Bertz CT molecular complexity index is 159. The van der Waals surface area contributed by atoms with Crippen LogP contribution in [0.2, 0.25) is 0 Å². The molecule has 2 rings (SSSR count). The Balaban J connectivity index is -0.0000000443. The minimum absolute atomic E-state index is 0. The van der Waals surface area contributed by atoms with Gasteiger partial charge in [-0.15, -0.1) is 11.3 Å². The zero-order valence-electron chi connectivity index (χ0n) is 13.2. The van der Waals surface area contributed by atoms with Gasteiger partial charge in [-0.25, -0.2) is 4.98 Å². The van der Waals surface area contributed by atoms with Crippen LogP contribution in [0, 0.1) is 0 Å². The van der Waals surface area contributed by atoms with Crippen LogP contribution < -0.4 is 0 Å². The molecule has 2 aromatic rings. The van der Waals surface area contributed by atoms with Crippen molar-refractivity contribution in [1.82, 2.24) is 9.97 Å². The first kappa shape index (κ1) is 30.7. The average molecular weight is 291 g/mol. The quantitative estimate of drug-likeness (QED) is 0.551. The van der Waals surface area contributed by atoms with E-state index in [9.17, 15) is 0 Å². The van der Waals surface area contributed by atoms with Crippen molar-refractivity contribution in [3.05, 3.63) is 35.9 Å². The van der Waals surface area contributed by atoms with Gasteiger partial charge in [0.1, 0.15) is 6.26 Å². The van der Waals surface area contributed by atoms with E-state index in [1.807, 2.05) is 60.8 Å². The third kappa shape index (κ3) is 47.5. The number of hydrogen-bond donors (Lipinski definition) is 0. The molecule has 0 bridgehead atoms. The van der Waals surface area contributed by atoms with Crippen LogP contribution in [0.3, 0.4) is 0 Å². The molecule has 2 heterocycles. The lowest BCUT2D eigenvalue weighted by Crippen LogP contribution is -1.38. The first-order valence-corrected chi connectivity index (χ1v) is 7.59. The molecule has 0 fully saturated rings. The van der Waals surface area contributed by atoms with Gasteiger partial charge in [0, 0.05) is 11.6 Å². The van der Waals surface area contributed by atoms with Crippen molar-refractivity contribution in [2.75, 3.05) is 0 Å². The van der Waals surface area contributed by atoms with E-state index in [-0.39, 0.29) is 7.43 Å². The van der Waals surface area contributed by atoms with Crippen molar-refractivity contribution >= 4 is 11.3 Å². The molecule has 0 N–H and O–H groups in total. The summed E-state index contributed by atoms with van der Waals surface area (Å²) in [6.07, 6.45) is 6.24. The van der Waals surface area contributed by atoms with Crippen molar-refractivity contribution < 1.29 is 4.42 Å². The van der Waals surface area contributed by atoms with Crippen molar-refractivity contribution in [3.8, 4) is 0 Å². The van der Waals surface area contributed by atoms with Crippen LogP contribution in [-0.4, -0.2) is 9.97 Å². The Hall–Kier alpha value is -1.16. The second kappa shape index (κ2) is 54.1. The Morgan fingerprint density at radius 3 is 1.42 bits per heavy atom. The lowest BCUT2D eigenvalue weighted by Gasteiger charge is -1.47. The number of rotatable bonds is 0. The molecule has 4 heteroatoms. The Morgan fingerprint density at radius 2 is 1.32 bits per heavy atom. The fraction of sp³-hybridized carbons (Fsp3) is 0.600. The van der Waals surface area contributed by atoms with Crippen molar-refractivity contribution in [2.24, 2.45) is 0 Å². The molecule has 2 aromatic heterocycles. The summed E-state index contributed by atoms with van der Waals surface area (Å²) >= 11 is 1.60. The molecular formula is C15H34N2OS. The lowest BCUT2D eigenvalue weighted by atomic mass is 11.0. The smallest absolute Gasteiger partial charge is 0.180 e. The van der Waals surface area contributed by atoms with Gasteiger partial charge in [0.15, 0.2) is 6.39 Å². The maximum atomic E-state index is 4.47. The van der Waals surface area contributed by atoms with Crippen LogP contribution in [0.5, 0.6) is 0 Å². The molecule has 3 nitrogen and oxygen atoms in total. The van der Waals surface area contributed by atoms with Gasteiger partial charge in [0.05, 0.1) is 11.7 Å². The topological polar surface area (TPSA) is 38.9 Å². The SMILES string of the molecule is C.CC.CC.CC.CC.c1cocn1.c1cscn1. The monoisotopic (exact) mass is 290 g/mol. The normalized spacial score (nSPS) is 5.47. The highest BCUT2D eigenvalue weighted by molar-refractivity contribution is 7.07. The van der Waals surface area contributed by atoms with Crippen molar-refractivity contribution in [2.45, 2.75) is 62.8 Å². The third-order valence-electron chi connectivity index (χ3n) is 0.694. The summed E-state index contributed by atoms with van der Waals surface area (Å²) in [4.78, 5) is 7.30. The van der Waals surface area contributed by atoms with Crippen LogP contribution >= 0.6 is 11.3 Å². The van der Waals surface area contributed by atoms with E-state index in [0.29, 0.717) is 0 Å². The maximum absolute atomic E-state index is 4.47. The molecule has 0 aliphatic carbocycles. The molecule has 0 aromatic carbocycles. The summed E-state index contributed by atoms with van der Waals surface area (Å²) < 4.78 is 4.47. The van der Waals surface area contributed by atoms with Gasteiger partial charge in [-0.1, -0.05) is 62.8 Å². The largest absolute Gasteiger partial charge is 0.452 e. The summed E-state index contributed by atoms with van der Waals surface area (Å²) in [5.74, 6) is 0. The van der Waals surface area contributed by atoms with E-state index < -0.39 is 0 Å². The van der Waals surface area contributed by atoms with Gasteiger partial charge in [0.2, 0.25) is 0 Å². The van der Waals surface area contributed by atoms with Gasteiger partial charge in [-0.3, -0.25) is 4.98 Å². The molecule has 0 amide bonds. The average Bonchev–Trinajstić information content (AvgIpc) is 3.25. The third-order valence-corrected chi connectivity index (χ3v) is 1.22. The highest BCUT2D eigenvalue weighted by atomic mass is 32.1. The van der Waals surface area contributed by atoms with Crippen LogP contribution in [0.15, 0.2) is 40.4 Å². The standard InChI is InChI=1S/C3H3NO.C3H3NS.4C2H6.CH4/c2*1-2-5-3-4-1;4*1-2;/h2*1-3H;4*1-2H3;1H4. The first-order chi connectivity index (χ1) is 9.00. The number of nitrogens with zero attached hydrogens (tertiary/aromatic N) is 2. The molecule has 0 spiro atoms. The summed E-state index contributed by atoms with van der Waals surface area (Å²) in [6, 6.07) is 0. The van der Waals surface area contributed by atoms with Crippen LogP contribution in [0.1, 0.15) is 62.8 Å². The van der Waals surface area contributed by atoms with Gasteiger partial charge < -0.3 is 4.42 Å². The molecule has 0 unspecified atom stereocenters. The number of hydrogen-bond acceptors (Lipinski definition) is 4. The van der Waals surface area contributed by atoms with E-state index >= 15 is 0 Å². The highest BCUT2D eigenvalue weighted by Crippen LogP contribution is 1.85. The van der Waals surface area contributed by atoms with Crippen LogP contribution in [0.4, 0.5) is 0 Å². The molecule has 116 valence electrons. The van der Waals surface area contributed by atoms with E-state index in [1.54, 1.807) is 29.2 Å². The molecule has 0 radical (unpaired) electrons. The second-order valence-corrected chi connectivity index (χ2v) is 2.11. The van der Waals surface area contributed by atoms with E-state index in [1.165, 1.54) is 12.7 Å². The lowest BCUT2D eigenvalue weighted by molar-refractivity contribution is 0.558.